The molecule has 0 saturated carbocycles. The van der Waals surface area contributed by atoms with E-state index in [-0.39, 0.29) is 24.1 Å². The number of nitrogens with zero attached hydrogens (tertiary/aromatic N) is 2. The molecule has 1 saturated heterocycles. The predicted molar refractivity (Wildman–Crippen MR) is 101 cm³/mol. The summed E-state index contributed by atoms with van der Waals surface area (Å²) in [5, 5.41) is 4.17. The smallest absolute Gasteiger partial charge is 0.260 e. The molecule has 1 amide bonds. The van der Waals surface area contributed by atoms with E-state index in [0.717, 1.165) is 37.8 Å². The van der Waals surface area contributed by atoms with E-state index in [1.807, 2.05) is 29.3 Å². The first kappa shape index (κ1) is 19.1. The van der Waals surface area contributed by atoms with E-state index < -0.39 is 0 Å². The van der Waals surface area contributed by atoms with Gasteiger partial charge >= 0.3 is 0 Å². The fourth-order valence-electron chi connectivity index (χ4n) is 4.02. The molecule has 0 bridgehead atoms. The molecule has 2 heterocycles. The van der Waals surface area contributed by atoms with Gasteiger partial charge in [-0.1, -0.05) is 43.3 Å². The molecular formula is C21H30N2O3. The number of hydrogen-bond acceptors (Lipinski definition) is 4. The minimum atomic E-state index is 0.00732. The number of carbonyl (C=O) groups excluding carboxylic acids is 1. The van der Waals surface area contributed by atoms with Crippen molar-refractivity contribution in [3.63, 3.8) is 0 Å². The van der Waals surface area contributed by atoms with Gasteiger partial charge in [0.1, 0.15) is 0 Å². The van der Waals surface area contributed by atoms with E-state index in [2.05, 4.69) is 24.1 Å². The first-order valence-corrected chi connectivity index (χ1v) is 9.65. The topological polar surface area (TPSA) is 42.0 Å². The van der Waals surface area contributed by atoms with E-state index in [1.165, 1.54) is 0 Å². The summed E-state index contributed by atoms with van der Waals surface area (Å²) in [5.41, 5.74) is 1.16. The summed E-state index contributed by atoms with van der Waals surface area (Å²) in [7, 11) is 1.73. The number of amides is 1. The van der Waals surface area contributed by atoms with E-state index in [4.69, 9.17) is 9.47 Å². The molecule has 0 aliphatic carbocycles. The van der Waals surface area contributed by atoms with Gasteiger partial charge in [0.15, 0.2) is 0 Å². The van der Waals surface area contributed by atoms with Gasteiger partial charge in [0.2, 0.25) is 0 Å². The predicted octanol–water partition coefficient (Wildman–Crippen LogP) is 3.16. The van der Waals surface area contributed by atoms with Crippen LogP contribution >= 0.6 is 0 Å². The second kappa shape index (κ2) is 9.31. The van der Waals surface area contributed by atoms with Gasteiger partial charge in [0, 0.05) is 19.7 Å². The fourth-order valence-corrected chi connectivity index (χ4v) is 4.02. The summed E-state index contributed by atoms with van der Waals surface area (Å²) in [5.74, 6) is 0.0611. The number of hydrogen-bond donors (Lipinski definition) is 0. The van der Waals surface area contributed by atoms with Gasteiger partial charge in [0.05, 0.1) is 31.4 Å². The van der Waals surface area contributed by atoms with Crippen molar-refractivity contribution in [2.45, 2.75) is 57.4 Å². The number of benzene rings is 1. The lowest BCUT2D eigenvalue weighted by Crippen LogP contribution is -2.59. The maximum absolute atomic E-state index is 12.7. The molecule has 0 aromatic heterocycles. The molecular weight excluding hydrogens is 328 g/mol. The molecule has 3 atom stereocenters. The van der Waals surface area contributed by atoms with Crippen molar-refractivity contribution in [1.82, 2.24) is 10.0 Å². The minimum absolute atomic E-state index is 0.00732. The summed E-state index contributed by atoms with van der Waals surface area (Å²) in [4.78, 5) is 12.7. The molecule has 5 heteroatoms. The summed E-state index contributed by atoms with van der Waals surface area (Å²) in [6, 6.07) is 10.5. The minimum Gasteiger partial charge on any atom is -0.383 e. The Labute approximate surface area is 156 Å². The average molecular weight is 358 g/mol. The SMILES string of the molecule is CC[C@@H](OCc1ccccc1)[C@H]1CC=CC(=O)N1N1CCC[C@H]1COC. The van der Waals surface area contributed by atoms with Gasteiger partial charge in [-0.2, -0.15) is 0 Å². The van der Waals surface area contributed by atoms with Crippen molar-refractivity contribution < 1.29 is 14.3 Å². The lowest BCUT2D eigenvalue weighted by atomic mass is 10.0. The van der Waals surface area contributed by atoms with Crippen LogP contribution in [0.15, 0.2) is 42.5 Å². The Morgan fingerprint density at radius 2 is 2.08 bits per heavy atom. The largest absolute Gasteiger partial charge is 0.383 e. The Balaban J connectivity index is 1.73. The zero-order valence-corrected chi connectivity index (χ0v) is 15.8. The van der Waals surface area contributed by atoms with Crippen molar-refractivity contribution in [2.24, 2.45) is 0 Å². The van der Waals surface area contributed by atoms with Crippen LogP contribution in [0, 0.1) is 0 Å². The first-order chi connectivity index (χ1) is 12.7. The molecule has 3 rings (SSSR count). The number of hydrazine groups is 1. The molecule has 0 N–H and O–H groups in total. The molecule has 142 valence electrons. The Morgan fingerprint density at radius 1 is 1.27 bits per heavy atom. The maximum Gasteiger partial charge on any atom is 0.260 e. The van der Waals surface area contributed by atoms with E-state index in [0.29, 0.717) is 13.2 Å². The third-order valence-corrected chi connectivity index (χ3v) is 5.30. The van der Waals surface area contributed by atoms with Crippen LogP contribution in [-0.2, 0) is 20.9 Å². The van der Waals surface area contributed by atoms with Gasteiger partial charge < -0.3 is 9.47 Å². The lowest BCUT2D eigenvalue weighted by Gasteiger charge is -2.44. The molecule has 1 fully saturated rings. The van der Waals surface area contributed by atoms with Crippen LogP contribution in [0.5, 0.6) is 0 Å². The van der Waals surface area contributed by atoms with Crippen LogP contribution in [0.1, 0.15) is 38.2 Å². The van der Waals surface area contributed by atoms with Gasteiger partial charge in [-0.15, -0.1) is 0 Å². The van der Waals surface area contributed by atoms with Crippen molar-refractivity contribution >= 4 is 5.91 Å². The van der Waals surface area contributed by atoms with Crippen molar-refractivity contribution in [3.8, 4) is 0 Å². The van der Waals surface area contributed by atoms with E-state index in [1.54, 1.807) is 13.2 Å². The number of carbonyl (C=O) groups is 1. The maximum atomic E-state index is 12.7. The third-order valence-electron chi connectivity index (χ3n) is 5.30. The van der Waals surface area contributed by atoms with Crippen molar-refractivity contribution in [3.05, 3.63) is 48.0 Å². The highest BCUT2D eigenvalue weighted by atomic mass is 16.5. The average Bonchev–Trinajstić information content (AvgIpc) is 3.11. The van der Waals surface area contributed by atoms with Crippen LogP contribution in [0.25, 0.3) is 0 Å². The van der Waals surface area contributed by atoms with Gasteiger partial charge in [-0.3, -0.25) is 9.80 Å². The van der Waals surface area contributed by atoms with Crippen LogP contribution in [0.2, 0.25) is 0 Å². The van der Waals surface area contributed by atoms with Gasteiger partial charge in [0.25, 0.3) is 5.91 Å². The first-order valence-electron chi connectivity index (χ1n) is 9.65. The Bertz CT molecular complexity index is 605. The van der Waals surface area contributed by atoms with Crippen LogP contribution in [0.3, 0.4) is 0 Å². The fraction of sp³-hybridized carbons (Fsp3) is 0.571. The monoisotopic (exact) mass is 358 g/mol. The lowest BCUT2D eigenvalue weighted by molar-refractivity contribution is -0.167. The number of methoxy groups -OCH3 is 1. The summed E-state index contributed by atoms with van der Waals surface area (Å²) >= 11 is 0. The molecule has 2 aliphatic heterocycles. The van der Waals surface area contributed by atoms with Crippen LogP contribution in [-0.4, -0.2) is 54.4 Å². The van der Waals surface area contributed by atoms with Crippen molar-refractivity contribution in [1.29, 1.82) is 0 Å². The molecule has 0 spiro atoms. The molecule has 1 aromatic carbocycles. The summed E-state index contributed by atoms with van der Waals surface area (Å²) in [6.07, 6.45) is 7.55. The second-order valence-corrected chi connectivity index (χ2v) is 7.05. The molecule has 26 heavy (non-hydrogen) atoms. The molecule has 0 radical (unpaired) electrons. The van der Waals surface area contributed by atoms with Gasteiger partial charge in [-0.05, 0) is 31.2 Å². The Morgan fingerprint density at radius 3 is 2.81 bits per heavy atom. The molecule has 2 aliphatic rings. The summed E-state index contributed by atoms with van der Waals surface area (Å²) < 4.78 is 11.6. The van der Waals surface area contributed by atoms with E-state index >= 15 is 0 Å². The van der Waals surface area contributed by atoms with E-state index in [9.17, 15) is 4.79 Å². The highest BCUT2D eigenvalue weighted by molar-refractivity contribution is 5.88. The Kier molecular flexibility index (Phi) is 6.83. The molecule has 5 nitrogen and oxygen atoms in total. The normalized spacial score (nSPS) is 25.0. The highest BCUT2D eigenvalue weighted by Crippen LogP contribution is 2.28. The zero-order chi connectivity index (χ0) is 18.4. The zero-order valence-electron chi connectivity index (χ0n) is 15.8. The second-order valence-electron chi connectivity index (χ2n) is 7.05. The third kappa shape index (κ3) is 4.34. The standard InChI is InChI=1S/C21H30N2O3/c1-3-20(26-15-17-9-5-4-6-10-17)19-12-7-13-21(24)23(19)22-14-8-11-18(22)16-25-2/h4-7,9-10,13,18-20H,3,8,11-12,14-16H2,1-2H3/t18-,19+,20+/m0/s1. The Hall–Kier alpha value is -1.69. The van der Waals surface area contributed by atoms with Crippen LogP contribution in [0.4, 0.5) is 0 Å². The number of ether oxygens (including phenoxy) is 2. The summed E-state index contributed by atoms with van der Waals surface area (Å²) in [6.45, 7) is 4.26. The number of rotatable bonds is 8. The molecule has 0 unspecified atom stereocenters. The van der Waals surface area contributed by atoms with Crippen LogP contribution < -0.4 is 0 Å². The highest BCUT2D eigenvalue weighted by Gasteiger charge is 2.39. The van der Waals surface area contributed by atoms with Gasteiger partial charge in [-0.25, -0.2) is 5.01 Å². The van der Waals surface area contributed by atoms with Crippen molar-refractivity contribution in [2.75, 3.05) is 20.3 Å². The quantitative estimate of drug-likeness (QED) is 0.716. The molecule has 1 aromatic rings.